The highest BCUT2D eigenvalue weighted by atomic mass is 79.9. The van der Waals surface area contributed by atoms with Gasteiger partial charge in [-0.05, 0) is 48.0 Å². The smallest absolute Gasteiger partial charge is 0.415 e. The Morgan fingerprint density at radius 2 is 1.62 bits per heavy atom. The van der Waals surface area contributed by atoms with Crippen LogP contribution in [-0.4, -0.2) is 49.5 Å². The summed E-state index contributed by atoms with van der Waals surface area (Å²) in [6.07, 6.45) is 1.62. The number of anilines is 1. The molecule has 2 bridgehead atoms. The Morgan fingerprint density at radius 3 is 2.30 bits per heavy atom. The van der Waals surface area contributed by atoms with E-state index in [1.54, 1.807) is 0 Å². The van der Waals surface area contributed by atoms with Crippen molar-refractivity contribution in [3.63, 3.8) is 0 Å². The molecule has 10 heteroatoms. The SMILES string of the molecule is O=C(O[C@H]1C[N+]2(CCCOc3ccccc3)CCC1CC2)N(Cc1cc(F)c(F)c(F)c1)c1cccc(F)c1.[Br-]. The van der Waals surface area contributed by atoms with Gasteiger partial charge in [-0.1, -0.05) is 24.3 Å². The van der Waals surface area contributed by atoms with Crippen molar-refractivity contribution in [2.45, 2.75) is 31.9 Å². The van der Waals surface area contributed by atoms with Gasteiger partial charge < -0.3 is 30.9 Å². The number of nitrogens with zero attached hydrogens (tertiary/aromatic N) is 2. The number of fused-ring (bicyclic) bond motifs is 3. The second kappa shape index (κ2) is 13.0. The molecule has 1 amide bonds. The minimum Gasteiger partial charge on any atom is -1.00 e. The predicted octanol–water partition coefficient (Wildman–Crippen LogP) is 3.47. The molecule has 0 aromatic heterocycles. The first-order chi connectivity index (χ1) is 18.8. The van der Waals surface area contributed by atoms with Crippen molar-refractivity contribution in [3.05, 3.63) is 95.6 Å². The van der Waals surface area contributed by atoms with Crippen LogP contribution in [0, 0.1) is 29.2 Å². The average molecular weight is 623 g/mol. The second-order valence-corrected chi connectivity index (χ2v) is 10.4. The lowest BCUT2D eigenvalue weighted by molar-refractivity contribution is -0.946. The quantitative estimate of drug-likeness (QED) is 0.159. The summed E-state index contributed by atoms with van der Waals surface area (Å²) in [6.45, 7) is 3.85. The molecular formula is C30H31BrF4N2O3. The van der Waals surface area contributed by atoms with Crippen molar-refractivity contribution < 1.29 is 53.3 Å². The number of rotatable bonds is 9. The number of amides is 1. The summed E-state index contributed by atoms with van der Waals surface area (Å²) in [6, 6.07) is 16.6. The maximum Gasteiger partial charge on any atom is 0.415 e. The van der Waals surface area contributed by atoms with Gasteiger partial charge in [-0.25, -0.2) is 22.4 Å². The molecule has 40 heavy (non-hydrogen) atoms. The van der Waals surface area contributed by atoms with E-state index >= 15 is 0 Å². The highest BCUT2D eigenvalue weighted by molar-refractivity contribution is 5.87. The van der Waals surface area contributed by atoms with Crippen molar-refractivity contribution in [1.82, 2.24) is 0 Å². The normalized spacial score (nSPS) is 21.4. The van der Waals surface area contributed by atoms with Gasteiger partial charge in [0.2, 0.25) is 0 Å². The summed E-state index contributed by atoms with van der Waals surface area (Å²) < 4.78 is 68.0. The summed E-state index contributed by atoms with van der Waals surface area (Å²) in [5, 5.41) is 0. The molecule has 0 radical (unpaired) electrons. The first-order valence-electron chi connectivity index (χ1n) is 13.2. The third-order valence-corrected chi connectivity index (χ3v) is 7.81. The maximum absolute atomic E-state index is 14.0. The zero-order valence-electron chi connectivity index (χ0n) is 21.9. The number of benzene rings is 3. The van der Waals surface area contributed by atoms with Crippen LogP contribution in [-0.2, 0) is 11.3 Å². The first-order valence-corrected chi connectivity index (χ1v) is 13.2. The fraction of sp³-hybridized carbons (Fsp3) is 0.367. The summed E-state index contributed by atoms with van der Waals surface area (Å²) >= 11 is 0. The largest absolute Gasteiger partial charge is 1.00 e. The van der Waals surface area contributed by atoms with Gasteiger partial charge >= 0.3 is 6.09 Å². The van der Waals surface area contributed by atoms with Crippen LogP contribution >= 0.6 is 0 Å². The third-order valence-electron chi connectivity index (χ3n) is 7.81. The Kier molecular flexibility index (Phi) is 9.73. The Morgan fingerprint density at radius 1 is 0.925 bits per heavy atom. The number of piperidine rings is 3. The van der Waals surface area contributed by atoms with Gasteiger partial charge in [-0.2, -0.15) is 0 Å². The molecule has 3 saturated heterocycles. The number of hydrogen-bond donors (Lipinski definition) is 0. The standard InChI is InChI=1S/C30H31F4N2O3.BrH/c31-23-6-4-7-24(18-23)35(19-21-16-26(32)29(34)27(33)17-21)30(37)39-28-20-36(13-10-22(28)11-14-36)12-5-15-38-25-8-2-1-3-9-25;/h1-4,6-9,16-18,22,28H,5,10-15,19-20H2;1H/q+1;/p-1/t22?,28-,36?;/m0./s1. The molecule has 5 nitrogen and oxygen atoms in total. The van der Waals surface area contributed by atoms with Gasteiger partial charge in [0, 0.05) is 25.2 Å². The lowest BCUT2D eigenvalue weighted by Gasteiger charge is -2.52. The molecule has 0 unspecified atom stereocenters. The van der Waals surface area contributed by atoms with Crippen LogP contribution in [0.4, 0.5) is 28.0 Å². The van der Waals surface area contributed by atoms with Gasteiger partial charge in [-0.15, -0.1) is 0 Å². The van der Waals surface area contributed by atoms with Crippen molar-refractivity contribution in [3.8, 4) is 5.75 Å². The van der Waals surface area contributed by atoms with E-state index in [2.05, 4.69) is 0 Å². The summed E-state index contributed by atoms with van der Waals surface area (Å²) in [5.41, 5.74) is 0.191. The zero-order chi connectivity index (χ0) is 27.4. The molecule has 0 N–H and O–H groups in total. The van der Waals surface area contributed by atoms with E-state index in [1.807, 2.05) is 30.3 Å². The first kappa shape index (κ1) is 29.9. The summed E-state index contributed by atoms with van der Waals surface area (Å²) in [5.74, 6) is -3.85. The predicted molar refractivity (Wildman–Crippen MR) is 138 cm³/mol. The fourth-order valence-electron chi connectivity index (χ4n) is 5.76. The minimum absolute atomic E-state index is 0. The van der Waals surface area contributed by atoms with Crippen LogP contribution in [0.3, 0.4) is 0 Å². The molecule has 0 aliphatic carbocycles. The number of quaternary nitrogens is 1. The van der Waals surface area contributed by atoms with Crippen LogP contribution in [0.5, 0.6) is 5.75 Å². The number of carbonyl (C=O) groups is 1. The molecule has 3 heterocycles. The van der Waals surface area contributed by atoms with Crippen LogP contribution in [0.2, 0.25) is 0 Å². The van der Waals surface area contributed by atoms with E-state index in [4.69, 9.17) is 9.47 Å². The van der Waals surface area contributed by atoms with Crippen molar-refractivity contribution in [2.24, 2.45) is 5.92 Å². The topological polar surface area (TPSA) is 38.8 Å². The molecule has 3 aliphatic heterocycles. The van der Waals surface area contributed by atoms with Crippen LogP contribution in [0.15, 0.2) is 66.7 Å². The van der Waals surface area contributed by atoms with Gasteiger partial charge in [0.05, 0.1) is 38.5 Å². The van der Waals surface area contributed by atoms with Crippen molar-refractivity contribution >= 4 is 11.8 Å². The van der Waals surface area contributed by atoms with Gasteiger partial charge in [0.25, 0.3) is 0 Å². The Hall–Kier alpha value is -3.11. The molecule has 0 spiro atoms. The molecule has 214 valence electrons. The fourth-order valence-corrected chi connectivity index (χ4v) is 5.76. The molecule has 1 atom stereocenters. The lowest BCUT2D eigenvalue weighted by Crippen LogP contribution is -3.00. The molecule has 3 aromatic rings. The minimum atomic E-state index is -1.59. The lowest BCUT2D eigenvalue weighted by atomic mass is 9.83. The van der Waals surface area contributed by atoms with Crippen LogP contribution < -0.4 is 26.6 Å². The monoisotopic (exact) mass is 622 g/mol. The zero-order valence-corrected chi connectivity index (χ0v) is 23.5. The number of ether oxygens (including phenoxy) is 2. The van der Waals surface area contributed by atoms with Crippen LogP contribution in [0.1, 0.15) is 24.8 Å². The maximum atomic E-state index is 14.0. The third kappa shape index (κ3) is 6.96. The van der Waals surface area contributed by atoms with Gasteiger partial charge in [0.15, 0.2) is 23.6 Å². The van der Waals surface area contributed by atoms with E-state index in [-0.39, 0.29) is 46.8 Å². The highest BCUT2D eigenvalue weighted by Crippen LogP contribution is 2.36. The van der Waals surface area contributed by atoms with E-state index in [0.717, 1.165) is 72.2 Å². The van der Waals surface area contributed by atoms with E-state index in [0.29, 0.717) is 13.2 Å². The number of carbonyl (C=O) groups excluding carboxylic acids is 1. The highest BCUT2D eigenvalue weighted by Gasteiger charge is 2.47. The summed E-state index contributed by atoms with van der Waals surface area (Å²) in [7, 11) is 0. The van der Waals surface area contributed by atoms with Gasteiger partial charge in [0.1, 0.15) is 18.1 Å². The van der Waals surface area contributed by atoms with E-state index < -0.39 is 29.4 Å². The molecular weight excluding hydrogens is 592 g/mol. The second-order valence-electron chi connectivity index (χ2n) is 10.4. The number of hydrogen-bond acceptors (Lipinski definition) is 3. The molecule has 3 aromatic carbocycles. The summed E-state index contributed by atoms with van der Waals surface area (Å²) in [4.78, 5) is 14.6. The number of para-hydroxylation sites is 1. The van der Waals surface area contributed by atoms with Crippen molar-refractivity contribution in [1.29, 1.82) is 0 Å². The Bertz CT molecular complexity index is 1280. The number of halogens is 5. The Labute approximate surface area is 241 Å². The molecule has 3 fully saturated rings. The van der Waals surface area contributed by atoms with Crippen LogP contribution in [0.25, 0.3) is 0 Å². The molecule has 0 saturated carbocycles. The van der Waals surface area contributed by atoms with E-state index in [1.165, 1.54) is 18.2 Å². The Balaban J connectivity index is 0.00000370. The van der Waals surface area contributed by atoms with Gasteiger partial charge in [-0.3, -0.25) is 4.90 Å². The average Bonchev–Trinajstić information content (AvgIpc) is 2.94. The van der Waals surface area contributed by atoms with Crippen molar-refractivity contribution in [2.75, 3.05) is 37.7 Å². The molecule has 3 aliphatic rings. The van der Waals surface area contributed by atoms with E-state index in [9.17, 15) is 22.4 Å². The molecule has 6 rings (SSSR count).